The first-order valence-corrected chi connectivity index (χ1v) is 5.32. The van der Waals surface area contributed by atoms with Gasteiger partial charge in [-0.2, -0.15) is 5.10 Å². The van der Waals surface area contributed by atoms with Crippen molar-refractivity contribution in [1.29, 1.82) is 0 Å². The van der Waals surface area contributed by atoms with Crippen molar-refractivity contribution in [3.63, 3.8) is 0 Å². The Labute approximate surface area is 99.6 Å². The Hall–Kier alpha value is -1.80. The number of hydrazone groups is 1. The lowest BCUT2D eigenvalue weighted by Crippen LogP contribution is -1.89. The zero-order valence-electron chi connectivity index (χ0n) is 8.60. The van der Waals surface area contributed by atoms with Crippen LogP contribution >= 0.6 is 11.6 Å². The Morgan fingerprint density at radius 3 is 2.56 bits per heavy atom. The van der Waals surface area contributed by atoms with Gasteiger partial charge in [-0.05, 0) is 23.8 Å². The fraction of sp³-hybridized carbons (Fsp3) is 0. The largest absolute Gasteiger partial charge is 0.278 e. The first-order chi connectivity index (χ1) is 7.84. The minimum atomic E-state index is 0.694. The van der Waals surface area contributed by atoms with E-state index in [0.29, 0.717) is 5.02 Å². The molecule has 0 saturated heterocycles. The number of anilines is 1. The van der Waals surface area contributed by atoms with E-state index in [4.69, 9.17) is 11.6 Å². The summed E-state index contributed by atoms with van der Waals surface area (Å²) in [6.07, 6.45) is 1.76. The molecular weight excluding hydrogens is 220 g/mol. The summed E-state index contributed by atoms with van der Waals surface area (Å²) < 4.78 is 0. The maximum absolute atomic E-state index is 5.85. The lowest BCUT2D eigenvalue weighted by Gasteiger charge is -1.99. The van der Waals surface area contributed by atoms with E-state index in [9.17, 15) is 0 Å². The van der Waals surface area contributed by atoms with Gasteiger partial charge in [-0.15, -0.1) is 0 Å². The van der Waals surface area contributed by atoms with Crippen LogP contribution in [0.3, 0.4) is 0 Å². The van der Waals surface area contributed by atoms with Crippen LogP contribution in [-0.4, -0.2) is 6.21 Å². The SMILES string of the molecule is Clc1cccc(N/N=C\c2ccccc2)c1. The average molecular weight is 231 g/mol. The van der Waals surface area contributed by atoms with E-state index in [2.05, 4.69) is 10.5 Å². The van der Waals surface area contributed by atoms with Gasteiger partial charge in [-0.25, -0.2) is 0 Å². The van der Waals surface area contributed by atoms with E-state index in [-0.39, 0.29) is 0 Å². The van der Waals surface area contributed by atoms with Gasteiger partial charge in [0, 0.05) is 5.02 Å². The number of rotatable bonds is 3. The molecule has 0 aliphatic carbocycles. The molecule has 0 fully saturated rings. The summed E-state index contributed by atoms with van der Waals surface area (Å²) in [5, 5.41) is 4.81. The van der Waals surface area contributed by atoms with E-state index in [0.717, 1.165) is 11.3 Å². The average Bonchev–Trinajstić information content (AvgIpc) is 2.30. The number of hydrogen-bond acceptors (Lipinski definition) is 2. The van der Waals surface area contributed by atoms with Gasteiger partial charge >= 0.3 is 0 Å². The zero-order chi connectivity index (χ0) is 11.2. The van der Waals surface area contributed by atoms with Crippen LogP contribution < -0.4 is 5.43 Å². The molecule has 2 aromatic carbocycles. The second-order valence-corrected chi connectivity index (χ2v) is 3.73. The third kappa shape index (κ3) is 3.11. The molecule has 80 valence electrons. The Kier molecular flexibility index (Phi) is 3.57. The molecule has 1 N–H and O–H groups in total. The third-order valence-electron chi connectivity index (χ3n) is 2.03. The van der Waals surface area contributed by atoms with Crippen molar-refractivity contribution in [2.24, 2.45) is 5.10 Å². The van der Waals surface area contributed by atoms with Crippen molar-refractivity contribution in [3.8, 4) is 0 Å². The predicted molar refractivity (Wildman–Crippen MR) is 69.1 cm³/mol. The van der Waals surface area contributed by atoms with E-state index in [1.165, 1.54) is 0 Å². The van der Waals surface area contributed by atoms with Gasteiger partial charge in [0.1, 0.15) is 0 Å². The highest BCUT2D eigenvalue weighted by Crippen LogP contribution is 2.14. The molecule has 0 radical (unpaired) electrons. The maximum Gasteiger partial charge on any atom is 0.0576 e. The summed E-state index contributed by atoms with van der Waals surface area (Å²) in [5.74, 6) is 0. The molecule has 0 aromatic heterocycles. The van der Waals surface area contributed by atoms with Crippen molar-refractivity contribution < 1.29 is 0 Å². The molecule has 0 aliphatic rings. The molecule has 0 spiro atoms. The van der Waals surface area contributed by atoms with Crippen molar-refractivity contribution in [2.75, 3.05) is 5.43 Å². The number of halogens is 1. The molecule has 0 unspecified atom stereocenters. The van der Waals surface area contributed by atoms with E-state index in [1.54, 1.807) is 6.21 Å². The fourth-order valence-electron chi connectivity index (χ4n) is 1.28. The molecular formula is C13H11ClN2. The van der Waals surface area contributed by atoms with E-state index < -0.39 is 0 Å². The molecule has 0 heterocycles. The lowest BCUT2D eigenvalue weighted by atomic mass is 10.2. The third-order valence-corrected chi connectivity index (χ3v) is 2.27. The number of nitrogens with zero attached hydrogens (tertiary/aromatic N) is 1. The predicted octanol–water partition coefficient (Wildman–Crippen LogP) is 3.79. The molecule has 2 nitrogen and oxygen atoms in total. The second-order valence-electron chi connectivity index (χ2n) is 3.29. The van der Waals surface area contributed by atoms with Crippen LogP contribution in [0.1, 0.15) is 5.56 Å². The second kappa shape index (κ2) is 5.33. The van der Waals surface area contributed by atoms with Crippen LogP contribution in [0.15, 0.2) is 59.7 Å². The molecule has 0 atom stereocenters. The summed E-state index contributed by atoms with van der Waals surface area (Å²) in [5.41, 5.74) is 4.85. The molecule has 0 saturated carbocycles. The first-order valence-electron chi connectivity index (χ1n) is 4.94. The number of hydrogen-bond donors (Lipinski definition) is 1. The summed E-state index contributed by atoms with van der Waals surface area (Å²) >= 11 is 5.85. The van der Waals surface area contributed by atoms with Gasteiger partial charge in [0.2, 0.25) is 0 Å². The minimum Gasteiger partial charge on any atom is -0.278 e. The first kappa shape index (κ1) is 10.7. The summed E-state index contributed by atoms with van der Waals surface area (Å²) in [6.45, 7) is 0. The molecule has 2 aromatic rings. The Balaban J connectivity index is 2.00. The number of nitrogens with one attached hydrogen (secondary N) is 1. The van der Waals surface area contributed by atoms with Gasteiger partial charge in [0.25, 0.3) is 0 Å². The smallest absolute Gasteiger partial charge is 0.0576 e. The monoisotopic (exact) mass is 230 g/mol. The van der Waals surface area contributed by atoms with Gasteiger partial charge in [-0.1, -0.05) is 48.0 Å². The van der Waals surface area contributed by atoms with Crippen molar-refractivity contribution in [1.82, 2.24) is 0 Å². The van der Waals surface area contributed by atoms with Gasteiger partial charge in [0.05, 0.1) is 11.9 Å². The van der Waals surface area contributed by atoms with Crippen LogP contribution in [0.5, 0.6) is 0 Å². The Morgan fingerprint density at radius 2 is 1.81 bits per heavy atom. The Bertz CT molecular complexity index is 480. The van der Waals surface area contributed by atoms with Gasteiger partial charge < -0.3 is 0 Å². The quantitative estimate of drug-likeness (QED) is 0.630. The van der Waals surface area contributed by atoms with Crippen molar-refractivity contribution in [3.05, 3.63) is 65.2 Å². The normalized spacial score (nSPS) is 10.6. The molecule has 0 aliphatic heterocycles. The number of benzene rings is 2. The maximum atomic E-state index is 5.85. The van der Waals surface area contributed by atoms with Crippen molar-refractivity contribution in [2.45, 2.75) is 0 Å². The molecule has 0 amide bonds. The Morgan fingerprint density at radius 1 is 1.00 bits per heavy atom. The molecule has 3 heteroatoms. The van der Waals surface area contributed by atoms with Crippen LogP contribution in [0.25, 0.3) is 0 Å². The standard InChI is InChI=1S/C13H11ClN2/c14-12-7-4-8-13(9-12)16-15-10-11-5-2-1-3-6-11/h1-10,16H/b15-10-. The van der Waals surface area contributed by atoms with Crippen LogP contribution in [0, 0.1) is 0 Å². The zero-order valence-corrected chi connectivity index (χ0v) is 9.35. The highest BCUT2D eigenvalue weighted by molar-refractivity contribution is 6.30. The lowest BCUT2D eigenvalue weighted by molar-refractivity contribution is 1.35. The van der Waals surface area contributed by atoms with Crippen LogP contribution in [0.4, 0.5) is 5.69 Å². The van der Waals surface area contributed by atoms with Gasteiger partial charge in [0.15, 0.2) is 0 Å². The van der Waals surface area contributed by atoms with E-state index in [1.807, 2.05) is 54.6 Å². The highest BCUT2D eigenvalue weighted by Gasteiger charge is 1.90. The van der Waals surface area contributed by atoms with Gasteiger partial charge in [-0.3, -0.25) is 5.43 Å². The topological polar surface area (TPSA) is 24.4 Å². The molecule has 2 rings (SSSR count). The molecule has 0 bridgehead atoms. The van der Waals surface area contributed by atoms with Crippen LogP contribution in [-0.2, 0) is 0 Å². The minimum absolute atomic E-state index is 0.694. The summed E-state index contributed by atoms with van der Waals surface area (Å²) in [4.78, 5) is 0. The van der Waals surface area contributed by atoms with E-state index >= 15 is 0 Å². The highest BCUT2D eigenvalue weighted by atomic mass is 35.5. The fourth-order valence-corrected chi connectivity index (χ4v) is 1.47. The summed E-state index contributed by atoms with van der Waals surface area (Å²) in [6, 6.07) is 17.3. The van der Waals surface area contributed by atoms with Crippen LogP contribution in [0.2, 0.25) is 5.02 Å². The van der Waals surface area contributed by atoms with Crippen molar-refractivity contribution >= 4 is 23.5 Å². The summed E-state index contributed by atoms with van der Waals surface area (Å²) in [7, 11) is 0. The molecule has 16 heavy (non-hydrogen) atoms.